The molecule has 1 aliphatic heterocycles. The minimum atomic E-state index is 0.0445. The van der Waals surface area contributed by atoms with Gasteiger partial charge in [0.1, 0.15) is 0 Å². The van der Waals surface area contributed by atoms with Crippen LogP contribution in [-0.4, -0.2) is 37.2 Å². The summed E-state index contributed by atoms with van der Waals surface area (Å²) in [5.74, 6) is 0. The molecule has 1 heterocycles. The molecule has 108 valence electrons. The SMILES string of the molecule is C=C(C)C1NCC=NC1/C=C(\C)P(CCC)CCC. The molecule has 0 saturated heterocycles. The first-order chi connectivity index (χ1) is 9.10. The Balaban J connectivity index is 2.81. The van der Waals surface area contributed by atoms with Crippen molar-refractivity contribution in [2.24, 2.45) is 4.99 Å². The van der Waals surface area contributed by atoms with Crippen LogP contribution in [0.4, 0.5) is 0 Å². The van der Waals surface area contributed by atoms with E-state index >= 15 is 0 Å². The van der Waals surface area contributed by atoms with E-state index in [-0.39, 0.29) is 14.0 Å². The molecule has 0 aromatic carbocycles. The van der Waals surface area contributed by atoms with E-state index < -0.39 is 0 Å². The molecular formula is C16H29N2P. The average Bonchev–Trinajstić information content (AvgIpc) is 2.38. The molecule has 2 atom stereocenters. The topological polar surface area (TPSA) is 24.4 Å². The largest absolute Gasteiger partial charge is 0.303 e. The summed E-state index contributed by atoms with van der Waals surface area (Å²) in [6, 6.07) is 0.546. The molecule has 19 heavy (non-hydrogen) atoms. The molecule has 0 aliphatic carbocycles. The van der Waals surface area contributed by atoms with Crippen molar-refractivity contribution in [1.29, 1.82) is 0 Å². The lowest BCUT2D eigenvalue weighted by atomic mass is 10.0. The Labute approximate surface area is 120 Å². The van der Waals surface area contributed by atoms with Gasteiger partial charge in [0.25, 0.3) is 0 Å². The van der Waals surface area contributed by atoms with Crippen LogP contribution in [0.5, 0.6) is 0 Å². The Morgan fingerprint density at radius 2 is 2.00 bits per heavy atom. The lowest BCUT2D eigenvalue weighted by Gasteiger charge is -2.28. The summed E-state index contributed by atoms with van der Waals surface area (Å²) < 4.78 is 0. The van der Waals surface area contributed by atoms with Crippen LogP contribution in [0.1, 0.15) is 40.5 Å². The highest BCUT2D eigenvalue weighted by atomic mass is 31.1. The first-order valence-corrected chi connectivity index (χ1v) is 9.15. The maximum Gasteiger partial charge on any atom is 0.0873 e. The van der Waals surface area contributed by atoms with E-state index in [0.717, 1.165) is 6.54 Å². The predicted molar refractivity (Wildman–Crippen MR) is 89.9 cm³/mol. The maximum absolute atomic E-state index is 4.66. The minimum Gasteiger partial charge on any atom is -0.303 e. The Kier molecular flexibility index (Phi) is 7.56. The van der Waals surface area contributed by atoms with Gasteiger partial charge in [-0.2, -0.15) is 0 Å². The van der Waals surface area contributed by atoms with Crippen LogP contribution < -0.4 is 5.32 Å². The number of hydrogen-bond donors (Lipinski definition) is 1. The van der Waals surface area contributed by atoms with E-state index in [1.54, 1.807) is 5.31 Å². The molecule has 3 heteroatoms. The molecule has 0 saturated carbocycles. The molecule has 0 fully saturated rings. The Morgan fingerprint density at radius 3 is 2.53 bits per heavy atom. The molecule has 0 aromatic rings. The van der Waals surface area contributed by atoms with Gasteiger partial charge in [-0.15, -0.1) is 0 Å². The fraction of sp³-hybridized carbons (Fsp3) is 0.688. The third-order valence-electron chi connectivity index (χ3n) is 3.48. The van der Waals surface area contributed by atoms with E-state index in [1.165, 1.54) is 30.7 Å². The van der Waals surface area contributed by atoms with Crippen LogP contribution in [0.15, 0.2) is 28.5 Å². The van der Waals surface area contributed by atoms with E-state index in [0.29, 0.717) is 6.04 Å². The van der Waals surface area contributed by atoms with E-state index in [1.807, 2.05) is 6.21 Å². The Bertz CT molecular complexity index is 341. The van der Waals surface area contributed by atoms with Gasteiger partial charge < -0.3 is 5.32 Å². The van der Waals surface area contributed by atoms with Crippen molar-refractivity contribution in [3.05, 3.63) is 23.5 Å². The van der Waals surface area contributed by atoms with Crippen LogP contribution in [0.2, 0.25) is 0 Å². The zero-order valence-corrected chi connectivity index (χ0v) is 13.8. The van der Waals surface area contributed by atoms with E-state index in [4.69, 9.17) is 0 Å². The van der Waals surface area contributed by atoms with Crippen molar-refractivity contribution in [2.45, 2.75) is 52.6 Å². The number of rotatable bonds is 7. The molecule has 0 radical (unpaired) electrons. The number of aliphatic imine (C=N–C) groups is 1. The van der Waals surface area contributed by atoms with Crippen molar-refractivity contribution in [2.75, 3.05) is 18.9 Å². The quantitative estimate of drug-likeness (QED) is 0.549. The second-order valence-electron chi connectivity index (χ2n) is 5.35. The van der Waals surface area contributed by atoms with Gasteiger partial charge in [0.15, 0.2) is 0 Å². The summed E-state index contributed by atoms with van der Waals surface area (Å²) in [5.41, 5.74) is 1.18. The van der Waals surface area contributed by atoms with Crippen molar-refractivity contribution >= 4 is 14.1 Å². The van der Waals surface area contributed by atoms with Crippen LogP contribution >= 0.6 is 7.92 Å². The summed E-state index contributed by atoms with van der Waals surface area (Å²) in [7, 11) is 0.0445. The van der Waals surface area contributed by atoms with Crippen molar-refractivity contribution in [1.82, 2.24) is 5.32 Å². The van der Waals surface area contributed by atoms with Crippen molar-refractivity contribution < 1.29 is 0 Å². The van der Waals surface area contributed by atoms with Crippen LogP contribution in [0, 0.1) is 0 Å². The molecular weight excluding hydrogens is 251 g/mol. The smallest absolute Gasteiger partial charge is 0.0873 e. The molecule has 1 aliphatic rings. The van der Waals surface area contributed by atoms with Gasteiger partial charge in [0.2, 0.25) is 0 Å². The monoisotopic (exact) mass is 280 g/mol. The summed E-state index contributed by atoms with van der Waals surface area (Å²) >= 11 is 0. The molecule has 0 bridgehead atoms. The average molecular weight is 280 g/mol. The molecule has 0 amide bonds. The first kappa shape index (κ1) is 16.6. The molecule has 0 spiro atoms. The number of allylic oxidation sites excluding steroid dienone is 1. The van der Waals surface area contributed by atoms with Crippen LogP contribution in [-0.2, 0) is 0 Å². The fourth-order valence-electron chi connectivity index (χ4n) is 2.52. The van der Waals surface area contributed by atoms with Gasteiger partial charge in [-0.05, 0) is 26.2 Å². The third kappa shape index (κ3) is 5.20. The Hall–Kier alpha value is -0.460. The van der Waals surface area contributed by atoms with Crippen molar-refractivity contribution in [3.8, 4) is 0 Å². The first-order valence-electron chi connectivity index (χ1n) is 7.43. The second kappa shape index (κ2) is 8.66. The highest BCUT2D eigenvalue weighted by molar-refractivity contribution is 7.62. The van der Waals surface area contributed by atoms with Crippen LogP contribution in [0.3, 0.4) is 0 Å². The van der Waals surface area contributed by atoms with E-state index in [2.05, 4.69) is 50.7 Å². The zero-order chi connectivity index (χ0) is 14.3. The predicted octanol–water partition coefficient (Wildman–Crippen LogP) is 4.18. The number of nitrogens with zero attached hydrogens (tertiary/aromatic N) is 1. The zero-order valence-electron chi connectivity index (χ0n) is 12.9. The van der Waals surface area contributed by atoms with Crippen molar-refractivity contribution in [3.63, 3.8) is 0 Å². The maximum atomic E-state index is 4.66. The van der Waals surface area contributed by atoms with Gasteiger partial charge in [-0.25, -0.2) is 0 Å². The van der Waals surface area contributed by atoms with Gasteiger partial charge in [0.05, 0.1) is 12.1 Å². The fourth-order valence-corrected chi connectivity index (χ4v) is 4.90. The standard InChI is InChI=1S/C16H29N2P/c1-6-10-19(11-7-2)14(5)12-15-16(13(3)4)18-9-8-17-15/h8,12,15-16,18H,3,6-7,9-11H2,1-2,4-5H3/b14-12+. The van der Waals surface area contributed by atoms with Gasteiger partial charge in [0, 0.05) is 12.8 Å². The van der Waals surface area contributed by atoms with E-state index in [9.17, 15) is 0 Å². The summed E-state index contributed by atoms with van der Waals surface area (Å²) in [5, 5.41) is 5.06. The highest BCUT2D eigenvalue weighted by Crippen LogP contribution is 2.45. The molecule has 2 unspecified atom stereocenters. The van der Waals surface area contributed by atoms with Crippen LogP contribution in [0.25, 0.3) is 0 Å². The highest BCUT2D eigenvalue weighted by Gasteiger charge is 2.22. The normalized spacial score (nSPS) is 23.9. The molecule has 1 rings (SSSR count). The Morgan fingerprint density at radius 1 is 1.37 bits per heavy atom. The lowest BCUT2D eigenvalue weighted by Crippen LogP contribution is -2.43. The van der Waals surface area contributed by atoms with Gasteiger partial charge in [-0.3, -0.25) is 4.99 Å². The summed E-state index contributed by atoms with van der Waals surface area (Å²) in [4.78, 5) is 4.66. The van der Waals surface area contributed by atoms with Gasteiger partial charge >= 0.3 is 0 Å². The lowest BCUT2D eigenvalue weighted by molar-refractivity contribution is 0.544. The molecule has 1 N–H and O–H groups in total. The molecule has 0 aromatic heterocycles. The second-order valence-corrected chi connectivity index (χ2v) is 8.03. The number of hydrogen-bond acceptors (Lipinski definition) is 2. The molecule has 2 nitrogen and oxygen atoms in total. The number of nitrogens with one attached hydrogen (secondary N) is 1. The summed E-state index contributed by atoms with van der Waals surface area (Å²) in [6.07, 6.45) is 9.66. The third-order valence-corrected chi connectivity index (χ3v) is 6.60. The minimum absolute atomic E-state index is 0.0445. The summed E-state index contributed by atoms with van der Waals surface area (Å²) in [6.45, 7) is 13.9. The van der Waals surface area contributed by atoms with Gasteiger partial charge in [-0.1, -0.05) is 58.2 Å².